The van der Waals surface area contributed by atoms with Crippen molar-refractivity contribution in [1.29, 1.82) is 26.3 Å². The molecule has 7 heteroatoms. The Bertz CT molecular complexity index is 694. The average molecular weight is 281 g/mol. The van der Waals surface area contributed by atoms with Gasteiger partial charge in [-0.25, -0.2) is 0 Å². The van der Waals surface area contributed by atoms with E-state index in [0.717, 1.165) is 10.8 Å². The Hall–Kier alpha value is -2.63. The monoisotopic (exact) mass is 281 g/mol. The zero-order valence-electron chi connectivity index (χ0n) is 9.55. The lowest BCUT2D eigenvalue weighted by Gasteiger charge is -2.09. The molecule has 0 radical (unpaired) electrons. The molecule has 0 bridgehead atoms. The molecule has 0 N–H and O–H groups in total. The Morgan fingerprint density at radius 3 is 1.21 bits per heavy atom. The van der Waals surface area contributed by atoms with E-state index in [1.165, 1.54) is 10.8 Å². The van der Waals surface area contributed by atoms with Crippen molar-refractivity contribution < 1.29 is 0 Å². The maximum atomic E-state index is 9.14. The van der Waals surface area contributed by atoms with E-state index in [1.54, 1.807) is 24.5 Å². The molecule has 0 amide bonds. The lowest BCUT2D eigenvalue weighted by molar-refractivity contribution is 1.25. The van der Waals surface area contributed by atoms with Crippen LogP contribution in [-0.2, 0) is 0 Å². The minimum atomic E-state index is -0.219. The molecule has 19 heavy (non-hydrogen) atoms. The van der Waals surface area contributed by atoms with Crippen molar-refractivity contribution in [2.24, 2.45) is 0 Å². The second kappa shape index (κ2) is 6.34. The maximum absolute atomic E-state index is 9.14. The normalized spacial score (nSPS) is 8.42. The van der Waals surface area contributed by atoms with Crippen molar-refractivity contribution in [1.82, 2.24) is 0 Å². The van der Waals surface area contributed by atoms with Crippen LogP contribution in [-0.4, -0.2) is 6.26 Å². The van der Waals surface area contributed by atoms with Crippen molar-refractivity contribution in [3.05, 3.63) is 27.8 Å². The van der Waals surface area contributed by atoms with Crippen LogP contribution in [0, 0.1) is 56.7 Å². The largest absolute Gasteiger partial charge is 0.192 e. The van der Waals surface area contributed by atoms with E-state index in [9.17, 15) is 0 Å². The van der Waals surface area contributed by atoms with Gasteiger partial charge in [-0.3, -0.25) is 0 Å². The van der Waals surface area contributed by atoms with E-state index in [1.807, 2.05) is 12.1 Å². The van der Waals surface area contributed by atoms with Gasteiger partial charge in [0.25, 0.3) is 0 Å². The lowest BCUT2D eigenvalue weighted by Crippen LogP contribution is -2.01. The van der Waals surface area contributed by atoms with Crippen molar-refractivity contribution in [3.8, 4) is 30.3 Å². The van der Waals surface area contributed by atoms with Crippen LogP contribution < -0.4 is 0 Å². The first kappa shape index (κ1) is 14.4. The standard InChI is InChI=1S/C12H3N5S2/c1-18-19-12-10(5-16)8(3-14)7(2-13)9(4-15)11(12)6-17/h1H3. The summed E-state index contributed by atoms with van der Waals surface area (Å²) in [4.78, 5) is 0.254. The molecule has 1 aromatic carbocycles. The minimum Gasteiger partial charge on any atom is -0.192 e. The molecule has 0 unspecified atom stereocenters. The predicted molar refractivity (Wildman–Crippen MR) is 69.4 cm³/mol. The number of hydrogen-bond donors (Lipinski definition) is 0. The Morgan fingerprint density at radius 1 is 0.632 bits per heavy atom. The summed E-state index contributed by atoms with van der Waals surface area (Å²) in [6.45, 7) is 0. The number of rotatable bonds is 2. The third kappa shape index (κ3) is 2.33. The number of benzene rings is 1. The minimum absolute atomic E-state index is 0.0334. The van der Waals surface area contributed by atoms with Crippen molar-refractivity contribution in [2.45, 2.75) is 4.90 Å². The van der Waals surface area contributed by atoms with Crippen LogP contribution in [0.4, 0.5) is 0 Å². The van der Waals surface area contributed by atoms with Gasteiger partial charge in [0.15, 0.2) is 0 Å². The highest BCUT2D eigenvalue weighted by atomic mass is 33.1. The Kier molecular flexibility index (Phi) is 4.82. The van der Waals surface area contributed by atoms with Crippen molar-refractivity contribution in [3.63, 3.8) is 0 Å². The topological polar surface area (TPSA) is 119 Å². The van der Waals surface area contributed by atoms with E-state index in [4.69, 9.17) is 26.3 Å². The highest BCUT2D eigenvalue weighted by molar-refractivity contribution is 8.76. The molecule has 0 saturated heterocycles. The fourth-order valence-electron chi connectivity index (χ4n) is 1.44. The van der Waals surface area contributed by atoms with Gasteiger partial charge < -0.3 is 0 Å². The molecule has 88 valence electrons. The molecule has 0 atom stereocenters. The van der Waals surface area contributed by atoms with Crippen LogP contribution in [0.1, 0.15) is 27.8 Å². The van der Waals surface area contributed by atoms with Gasteiger partial charge in [-0.2, -0.15) is 26.3 Å². The Balaban J connectivity index is 4.04. The first-order valence-electron chi connectivity index (χ1n) is 4.65. The van der Waals surface area contributed by atoms with Crippen LogP contribution in [0.5, 0.6) is 0 Å². The summed E-state index contributed by atoms with van der Waals surface area (Å²) in [6, 6.07) is 8.91. The zero-order valence-corrected chi connectivity index (χ0v) is 11.2. The van der Waals surface area contributed by atoms with E-state index in [0.29, 0.717) is 0 Å². The van der Waals surface area contributed by atoms with Gasteiger partial charge in [0.05, 0.1) is 32.7 Å². The molecule has 1 rings (SSSR count). The Morgan fingerprint density at radius 2 is 0.947 bits per heavy atom. The molecule has 0 aromatic heterocycles. The van der Waals surface area contributed by atoms with Crippen LogP contribution >= 0.6 is 21.6 Å². The van der Waals surface area contributed by atoms with Gasteiger partial charge in [0, 0.05) is 0 Å². The summed E-state index contributed by atoms with van der Waals surface area (Å²) < 4.78 is 0. The van der Waals surface area contributed by atoms with Gasteiger partial charge in [-0.05, 0) is 6.26 Å². The molecular weight excluding hydrogens is 278 g/mol. The second-order valence-corrected chi connectivity index (χ2v) is 5.42. The summed E-state index contributed by atoms with van der Waals surface area (Å²) in [7, 11) is 2.39. The van der Waals surface area contributed by atoms with Gasteiger partial charge in [0.1, 0.15) is 30.3 Å². The molecule has 0 fully saturated rings. The average Bonchev–Trinajstić information content (AvgIpc) is 2.45. The second-order valence-electron chi connectivity index (χ2n) is 3.01. The summed E-state index contributed by atoms with van der Waals surface area (Å²) in [5, 5.41) is 45.5. The molecule has 0 aliphatic heterocycles. The van der Waals surface area contributed by atoms with E-state index in [2.05, 4.69) is 0 Å². The summed E-state index contributed by atoms with van der Waals surface area (Å²) >= 11 is 0. The lowest BCUT2D eigenvalue weighted by atomic mass is 9.94. The van der Waals surface area contributed by atoms with Crippen molar-refractivity contribution in [2.75, 3.05) is 6.26 Å². The van der Waals surface area contributed by atoms with E-state index in [-0.39, 0.29) is 32.7 Å². The van der Waals surface area contributed by atoms with Gasteiger partial charge in [-0.15, -0.1) is 0 Å². The molecule has 0 saturated carbocycles. The molecule has 5 nitrogen and oxygen atoms in total. The highest BCUT2D eigenvalue weighted by Crippen LogP contribution is 2.38. The third-order valence-electron chi connectivity index (χ3n) is 2.18. The molecule has 0 aliphatic rings. The predicted octanol–water partition coefficient (Wildman–Crippen LogP) is 2.42. The molecule has 0 spiro atoms. The SMILES string of the molecule is CSSc1c(C#N)c(C#N)c(C#N)c(C#N)c1C#N. The first-order valence-corrected chi connectivity index (χ1v) is 7.21. The first-order chi connectivity index (χ1) is 9.19. The smallest absolute Gasteiger partial charge is 0.102 e. The number of nitrogens with zero attached hydrogens (tertiary/aromatic N) is 5. The summed E-state index contributed by atoms with van der Waals surface area (Å²) in [6.07, 6.45) is 1.74. The quantitative estimate of drug-likeness (QED) is 0.763. The van der Waals surface area contributed by atoms with Crippen LogP contribution in [0.3, 0.4) is 0 Å². The third-order valence-corrected chi connectivity index (χ3v) is 3.92. The molecular formula is C12H3N5S2. The van der Waals surface area contributed by atoms with Crippen LogP contribution in [0.2, 0.25) is 0 Å². The molecule has 0 heterocycles. The Labute approximate surface area is 117 Å². The fourth-order valence-corrected chi connectivity index (χ4v) is 3.07. The number of hydrogen-bond acceptors (Lipinski definition) is 7. The van der Waals surface area contributed by atoms with E-state index < -0.39 is 0 Å². The molecule has 0 aliphatic carbocycles. The van der Waals surface area contributed by atoms with Gasteiger partial charge in [-0.1, -0.05) is 21.6 Å². The van der Waals surface area contributed by atoms with Crippen LogP contribution in [0.15, 0.2) is 4.90 Å². The fraction of sp³-hybridized carbons (Fsp3) is 0.0833. The van der Waals surface area contributed by atoms with Gasteiger partial charge in [0.2, 0.25) is 0 Å². The summed E-state index contributed by atoms with van der Waals surface area (Å²) in [5.41, 5.74) is -0.597. The maximum Gasteiger partial charge on any atom is 0.102 e. The molecule has 1 aromatic rings. The summed E-state index contributed by atoms with van der Waals surface area (Å²) in [5.74, 6) is 0. The zero-order chi connectivity index (χ0) is 14.4. The van der Waals surface area contributed by atoms with Gasteiger partial charge >= 0.3 is 0 Å². The number of nitriles is 5. The highest BCUT2D eigenvalue weighted by Gasteiger charge is 2.24. The van der Waals surface area contributed by atoms with E-state index >= 15 is 0 Å². The van der Waals surface area contributed by atoms with Crippen LogP contribution in [0.25, 0.3) is 0 Å². The van der Waals surface area contributed by atoms with Crippen molar-refractivity contribution >= 4 is 21.6 Å².